The van der Waals surface area contributed by atoms with Crippen molar-refractivity contribution >= 4 is 44.6 Å². The Balaban J connectivity index is 1.33. The van der Waals surface area contributed by atoms with Crippen LogP contribution in [0.5, 0.6) is 0 Å². The average molecular weight is 592 g/mol. The maximum absolute atomic E-state index is 13.7. The van der Waals surface area contributed by atoms with Gasteiger partial charge in [-0.2, -0.15) is 4.98 Å². The molecular weight excluding hydrogens is 571 g/mol. The van der Waals surface area contributed by atoms with E-state index in [-0.39, 0.29) is 50.3 Å². The second-order valence-electron chi connectivity index (χ2n) is 9.22. The predicted molar refractivity (Wildman–Crippen MR) is 143 cm³/mol. The van der Waals surface area contributed by atoms with Crippen LogP contribution in [0.15, 0.2) is 64.0 Å². The Morgan fingerprint density at radius 3 is 2.28 bits per heavy atom. The molecule has 202 valence electrons. The zero-order valence-electron chi connectivity index (χ0n) is 20.5. The van der Waals surface area contributed by atoms with E-state index in [2.05, 4.69) is 15.5 Å². The summed E-state index contributed by atoms with van der Waals surface area (Å²) in [4.78, 5) is 17.2. The summed E-state index contributed by atoms with van der Waals surface area (Å²) < 4.78 is 56.4. The molecular formula is C27H21Cl2F2N3O4S. The van der Waals surface area contributed by atoms with Crippen molar-refractivity contribution in [1.82, 2.24) is 10.1 Å². The van der Waals surface area contributed by atoms with Gasteiger partial charge in [0.2, 0.25) is 17.6 Å². The number of amides is 1. The fourth-order valence-electron chi connectivity index (χ4n) is 4.34. The monoisotopic (exact) mass is 591 g/mol. The van der Waals surface area contributed by atoms with E-state index >= 15 is 0 Å². The van der Waals surface area contributed by atoms with E-state index in [0.29, 0.717) is 29.7 Å². The molecule has 5 rings (SSSR count). The Kier molecular flexibility index (Phi) is 7.21. The van der Waals surface area contributed by atoms with Gasteiger partial charge in [0.15, 0.2) is 21.5 Å². The number of sulfone groups is 1. The van der Waals surface area contributed by atoms with E-state index in [1.807, 2.05) is 0 Å². The summed E-state index contributed by atoms with van der Waals surface area (Å²) >= 11 is 13.2. The first kappa shape index (κ1) is 27.2. The number of rotatable bonds is 8. The van der Waals surface area contributed by atoms with Crippen LogP contribution in [-0.4, -0.2) is 30.2 Å². The number of benzene rings is 3. The lowest BCUT2D eigenvalue weighted by atomic mass is 9.95. The Labute approximate surface area is 233 Å². The number of hydrogen-bond donors (Lipinski definition) is 1. The van der Waals surface area contributed by atoms with Gasteiger partial charge < -0.3 is 9.84 Å². The molecule has 39 heavy (non-hydrogen) atoms. The number of anilines is 1. The third-order valence-electron chi connectivity index (χ3n) is 6.59. The Morgan fingerprint density at radius 1 is 1.03 bits per heavy atom. The molecule has 4 aromatic rings. The van der Waals surface area contributed by atoms with Gasteiger partial charge in [0, 0.05) is 26.9 Å². The van der Waals surface area contributed by atoms with Gasteiger partial charge in [-0.1, -0.05) is 47.4 Å². The third-order valence-corrected chi connectivity index (χ3v) is 8.94. The summed E-state index contributed by atoms with van der Waals surface area (Å²) in [5.74, 6) is -2.00. The summed E-state index contributed by atoms with van der Waals surface area (Å²) in [6, 6.07) is 12.6. The van der Waals surface area contributed by atoms with Crippen molar-refractivity contribution in [2.75, 3.05) is 11.1 Å². The van der Waals surface area contributed by atoms with E-state index in [1.54, 1.807) is 31.2 Å². The summed E-state index contributed by atoms with van der Waals surface area (Å²) in [5.41, 5.74) is 1.11. The van der Waals surface area contributed by atoms with Crippen molar-refractivity contribution in [3.8, 4) is 11.4 Å². The molecule has 1 saturated carbocycles. The SMILES string of the molecule is CCS(=O)(=O)c1ccc(CC(=O)Nc2cc(Cl)c(C3(c4nc(-c5ccc(F)c(F)c5)no4)CC3)c(Cl)c2)cc1. The summed E-state index contributed by atoms with van der Waals surface area (Å²) in [5, 5.41) is 7.25. The van der Waals surface area contributed by atoms with Crippen LogP contribution in [-0.2, 0) is 26.5 Å². The lowest BCUT2D eigenvalue weighted by molar-refractivity contribution is -0.115. The number of aromatic nitrogens is 2. The molecule has 1 aliphatic rings. The van der Waals surface area contributed by atoms with E-state index < -0.39 is 26.9 Å². The van der Waals surface area contributed by atoms with Crippen LogP contribution < -0.4 is 5.32 Å². The first-order valence-corrected chi connectivity index (χ1v) is 14.3. The minimum atomic E-state index is -3.32. The Morgan fingerprint density at radius 2 is 1.69 bits per heavy atom. The van der Waals surface area contributed by atoms with Gasteiger partial charge in [-0.05, 0) is 60.9 Å². The van der Waals surface area contributed by atoms with Crippen LogP contribution in [0.1, 0.15) is 36.8 Å². The molecule has 1 aliphatic carbocycles. The number of nitrogens with one attached hydrogen (secondary N) is 1. The highest BCUT2D eigenvalue weighted by molar-refractivity contribution is 7.91. The molecule has 1 amide bonds. The van der Waals surface area contributed by atoms with E-state index in [4.69, 9.17) is 27.7 Å². The summed E-state index contributed by atoms with van der Waals surface area (Å²) in [6.07, 6.45) is 1.27. The number of carbonyl (C=O) groups is 1. The van der Waals surface area contributed by atoms with Crippen molar-refractivity contribution in [2.24, 2.45) is 0 Å². The van der Waals surface area contributed by atoms with Crippen molar-refractivity contribution in [1.29, 1.82) is 0 Å². The molecule has 0 spiro atoms. The molecule has 0 saturated heterocycles. The van der Waals surface area contributed by atoms with Crippen LogP contribution in [0.4, 0.5) is 14.5 Å². The second kappa shape index (κ2) is 10.3. The average Bonchev–Trinajstić information content (AvgIpc) is 3.51. The first-order chi connectivity index (χ1) is 18.5. The molecule has 0 atom stereocenters. The van der Waals surface area contributed by atoms with Gasteiger partial charge in [0.05, 0.1) is 22.5 Å². The van der Waals surface area contributed by atoms with Gasteiger partial charge in [-0.3, -0.25) is 4.79 Å². The highest BCUT2D eigenvalue weighted by Crippen LogP contribution is 2.57. The molecule has 0 unspecified atom stereocenters. The summed E-state index contributed by atoms with van der Waals surface area (Å²) in [7, 11) is -3.32. The second-order valence-corrected chi connectivity index (χ2v) is 12.3. The molecule has 1 N–H and O–H groups in total. The van der Waals surface area contributed by atoms with Crippen molar-refractivity contribution < 1.29 is 26.5 Å². The molecule has 1 aromatic heterocycles. The van der Waals surface area contributed by atoms with Gasteiger partial charge in [-0.15, -0.1) is 0 Å². The number of halogens is 4. The van der Waals surface area contributed by atoms with E-state index in [0.717, 1.165) is 12.1 Å². The van der Waals surface area contributed by atoms with Crippen molar-refractivity contribution in [2.45, 2.75) is 36.5 Å². The maximum atomic E-state index is 13.7. The lowest BCUT2D eigenvalue weighted by Gasteiger charge is -2.17. The molecule has 0 bridgehead atoms. The number of hydrogen-bond acceptors (Lipinski definition) is 6. The quantitative estimate of drug-likeness (QED) is 0.255. The van der Waals surface area contributed by atoms with Gasteiger partial charge in [0.25, 0.3) is 0 Å². The highest BCUT2D eigenvalue weighted by Gasteiger charge is 2.53. The molecule has 7 nitrogen and oxygen atoms in total. The molecule has 0 radical (unpaired) electrons. The summed E-state index contributed by atoms with van der Waals surface area (Å²) in [6.45, 7) is 1.57. The molecule has 3 aromatic carbocycles. The normalized spacial score (nSPS) is 14.3. The van der Waals surface area contributed by atoms with E-state index in [9.17, 15) is 22.0 Å². The van der Waals surface area contributed by atoms with Crippen molar-refractivity contribution in [3.05, 3.63) is 93.3 Å². The van der Waals surface area contributed by atoms with Crippen LogP contribution in [0, 0.1) is 11.6 Å². The van der Waals surface area contributed by atoms with Crippen LogP contribution >= 0.6 is 23.2 Å². The minimum Gasteiger partial charge on any atom is -0.338 e. The third kappa shape index (κ3) is 5.41. The molecule has 1 fully saturated rings. The van der Waals surface area contributed by atoms with Gasteiger partial charge in [0.1, 0.15) is 0 Å². The zero-order valence-corrected chi connectivity index (χ0v) is 22.8. The molecule has 1 heterocycles. The molecule has 12 heteroatoms. The number of nitrogens with zero attached hydrogens (tertiary/aromatic N) is 2. The highest BCUT2D eigenvalue weighted by atomic mass is 35.5. The van der Waals surface area contributed by atoms with Crippen LogP contribution in [0.25, 0.3) is 11.4 Å². The van der Waals surface area contributed by atoms with Crippen molar-refractivity contribution in [3.63, 3.8) is 0 Å². The Hall–Kier alpha value is -3.34. The smallest absolute Gasteiger partial charge is 0.237 e. The number of carbonyl (C=O) groups excluding carboxylic acids is 1. The van der Waals surface area contributed by atoms with Crippen LogP contribution in [0.2, 0.25) is 10.0 Å². The van der Waals surface area contributed by atoms with E-state index in [1.165, 1.54) is 18.2 Å². The fourth-order valence-corrected chi connectivity index (χ4v) is 6.07. The standard InChI is InChI=1S/C27H21Cl2F2N3O4S/c1-2-39(36,37)18-6-3-15(4-7-18)11-23(35)32-17-13-19(28)24(20(29)14-17)27(9-10-27)26-33-25(34-38-26)16-5-8-21(30)22(31)12-16/h3-8,12-14H,2,9-11H2,1H3,(H,32,35). The zero-order chi connectivity index (χ0) is 27.9. The van der Waals surface area contributed by atoms with Crippen LogP contribution in [0.3, 0.4) is 0 Å². The largest absolute Gasteiger partial charge is 0.338 e. The topological polar surface area (TPSA) is 102 Å². The minimum absolute atomic E-state index is 0.00642. The maximum Gasteiger partial charge on any atom is 0.237 e. The van der Waals surface area contributed by atoms with Gasteiger partial charge in [-0.25, -0.2) is 17.2 Å². The fraction of sp³-hybridized carbons (Fsp3) is 0.222. The lowest BCUT2D eigenvalue weighted by Crippen LogP contribution is -2.16. The van der Waals surface area contributed by atoms with Gasteiger partial charge >= 0.3 is 0 Å². The first-order valence-electron chi connectivity index (χ1n) is 11.9. The predicted octanol–water partition coefficient (Wildman–Crippen LogP) is 6.38. The molecule has 0 aliphatic heterocycles. The Bertz CT molecular complexity index is 1660.